The predicted octanol–water partition coefficient (Wildman–Crippen LogP) is 3.73. The normalized spacial score (nSPS) is 21.4. The van der Waals surface area contributed by atoms with Gasteiger partial charge in [-0.15, -0.1) is 0 Å². The lowest BCUT2D eigenvalue weighted by atomic mass is 9.87. The van der Waals surface area contributed by atoms with Crippen molar-refractivity contribution in [3.63, 3.8) is 0 Å². The van der Waals surface area contributed by atoms with Crippen LogP contribution in [-0.2, 0) is 28.0 Å². The van der Waals surface area contributed by atoms with Crippen LogP contribution in [0.2, 0.25) is 0 Å². The molecule has 1 fully saturated rings. The van der Waals surface area contributed by atoms with Gasteiger partial charge in [0, 0.05) is 23.5 Å². The first-order valence-corrected chi connectivity index (χ1v) is 11.9. The summed E-state index contributed by atoms with van der Waals surface area (Å²) in [6.07, 6.45) is 2.28. The van der Waals surface area contributed by atoms with Crippen molar-refractivity contribution >= 4 is 28.7 Å². The van der Waals surface area contributed by atoms with Gasteiger partial charge in [0.05, 0.1) is 5.69 Å². The molecule has 7 nitrogen and oxygen atoms in total. The number of nitrogens with zero attached hydrogens (tertiary/aromatic N) is 2. The first kappa shape index (κ1) is 22.2. The maximum absolute atomic E-state index is 13.7. The lowest BCUT2D eigenvalue weighted by Crippen LogP contribution is -2.51. The van der Waals surface area contributed by atoms with Crippen LogP contribution in [0.4, 0.5) is 4.79 Å². The van der Waals surface area contributed by atoms with Crippen molar-refractivity contribution in [2.75, 3.05) is 6.54 Å². The van der Waals surface area contributed by atoms with E-state index in [1.165, 1.54) is 5.56 Å². The number of aromatic nitrogens is 1. The Kier molecular flexibility index (Phi) is 5.42. The van der Waals surface area contributed by atoms with Gasteiger partial charge >= 0.3 is 6.03 Å². The fraction of sp³-hybridized carbons (Fsp3) is 0.370. The van der Waals surface area contributed by atoms with E-state index in [0.717, 1.165) is 39.9 Å². The van der Waals surface area contributed by atoms with E-state index in [2.05, 4.69) is 22.4 Å². The molecule has 0 bridgehead atoms. The van der Waals surface area contributed by atoms with Gasteiger partial charge in [0.25, 0.3) is 5.91 Å². The molecule has 0 aliphatic carbocycles. The summed E-state index contributed by atoms with van der Waals surface area (Å²) in [5.41, 5.74) is 2.85. The number of H-pyrrole nitrogens is 1. The molecule has 0 radical (unpaired) electrons. The highest BCUT2D eigenvalue weighted by Crippen LogP contribution is 2.44. The number of nitrogens with one attached hydrogen (secondary N) is 2. The maximum atomic E-state index is 13.7. The van der Waals surface area contributed by atoms with E-state index in [0.29, 0.717) is 13.0 Å². The first-order valence-electron chi connectivity index (χ1n) is 11.9. The molecular weight excluding hydrogens is 428 g/mol. The lowest BCUT2D eigenvalue weighted by Gasteiger charge is -2.36. The number of hydrogen-bond donors (Lipinski definition) is 2. The van der Waals surface area contributed by atoms with E-state index in [9.17, 15) is 14.4 Å². The highest BCUT2D eigenvalue weighted by Gasteiger charge is 2.60. The third-order valence-electron chi connectivity index (χ3n) is 7.36. The monoisotopic (exact) mass is 458 g/mol. The number of para-hydroxylation sites is 1. The number of benzene rings is 2. The van der Waals surface area contributed by atoms with Crippen LogP contribution in [0.1, 0.15) is 44.0 Å². The van der Waals surface area contributed by atoms with Crippen LogP contribution in [0.5, 0.6) is 0 Å². The van der Waals surface area contributed by atoms with Gasteiger partial charge in [0.1, 0.15) is 6.04 Å². The summed E-state index contributed by atoms with van der Waals surface area (Å²) in [7, 11) is 0. The number of imide groups is 1. The number of carbonyl (C=O) groups excluding carboxylic acids is 3. The average Bonchev–Trinajstić information content (AvgIpc) is 3.31. The second kappa shape index (κ2) is 8.31. The van der Waals surface area contributed by atoms with Crippen LogP contribution in [0.3, 0.4) is 0 Å². The quantitative estimate of drug-likeness (QED) is 0.552. The van der Waals surface area contributed by atoms with Gasteiger partial charge in [-0.25, -0.2) is 9.69 Å². The third kappa shape index (κ3) is 3.38. The van der Waals surface area contributed by atoms with E-state index >= 15 is 0 Å². The molecule has 2 N–H and O–H groups in total. The summed E-state index contributed by atoms with van der Waals surface area (Å²) >= 11 is 0. The molecule has 1 saturated heterocycles. The summed E-state index contributed by atoms with van der Waals surface area (Å²) < 4.78 is 0. The highest BCUT2D eigenvalue weighted by molar-refractivity contribution is 6.10. The van der Waals surface area contributed by atoms with E-state index in [1.54, 1.807) is 18.7 Å². The Labute approximate surface area is 199 Å². The second-order valence-corrected chi connectivity index (χ2v) is 9.57. The minimum atomic E-state index is -1.14. The summed E-state index contributed by atoms with van der Waals surface area (Å²) in [4.78, 5) is 46.3. The van der Waals surface area contributed by atoms with Crippen LogP contribution in [0.15, 0.2) is 54.6 Å². The standard InChI is InChI=1S/C27H30N4O3/c1-17(13-14-19-9-5-4-6-10-19)28-24(32)18(2)31-25(33)27(3)23-21(15-16-30(27)26(31)34)20-11-7-8-12-22(20)29-23/h4-12,17-18,29H,13-16H2,1-3H3,(H,28,32)/t17-,18+,27+/m1/s1. The topological polar surface area (TPSA) is 85.5 Å². The average molecular weight is 459 g/mol. The molecule has 2 aromatic carbocycles. The van der Waals surface area contributed by atoms with Crippen molar-refractivity contribution in [3.05, 3.63) is 71.4 Å². The predicted molar refractivity (Wildman–Crippen MR) is 130 cm³/mol. The Morgan fingerprint density at radius 1 is 1.09 bits per heavy atom. The Morgan fingerprint density at radius 3 is 2.56 bits per heavy atom. The number of aromatic amines is 1. The van der Waals surface area contributed by atoms with Crippen LogP contribution in [-0.4, -0.2) is 51.3 Å². The Balaban J connectivity index is 1.34. The molecule has 2 aliphatic rings. The van der Waals surface area contributed by atoms with Gasteiger partial charge in [0.15, 0.2) is 5.54 Å². The molecule has 5 rings (SSSR count). The van der Waals surface area contributed by atoms with Gasteiger partial charge in [-0.1, -0.05) is 48.5 Å². The molecule has 34 heavy (non-hydrogen) atoms. The molecule has 2 aliphatic heterocycles. The van der Waals surface area contributed by atoms with Gasteiger partial charge < -0.3 is 15.2 Å². The number of rotatable bonds is 6. The van der Waals surface area contributed by atoms with Crippen LogP contribution < -0.4 is 5.32 Å². The second-order valence-electron chi connectivity index (χ2n) is 9.57. The maximum Gasteiger partial charge on any atom is 0.328 e. The molecule has 176 valence electrons. The number of urea groups is 1. The van der Waals surface area contributed by atoms with Gasteiger partial charge in [-0.3, -0.25) is 9.59 Å². The zero-order chi connectivity index (χ0) is 24.0. The molecule has 1 aromatic heterocycles. The van der Waals surface area contributed by atoms with Gasteiger partial charge in [-0.05, 0) is 57.2 Å². The number of fused-ring (bicyclic) bond motifs is 5. The van der Waals surface area contributed by atoms with Crippen molar-refractivity contribution in [3.8, 4) is 0 Å². The number of carbonyl (C=O) groups is 3. The van der Waals surface area contributed by atoms with E-state index in [1.807, 2.05) is 49.4 Å². The first-order chi connectivity index (χ1) is 16.3. The summed E-state index contributed by atoms with van der Waals surface area (Å²) in [5.74, 6) is -0.674. The molecule has 0 spiro atoms. The zero-order valence-electron chi connectivity index (χ0n) is 19.8. The van der Waals surface area contributed by atoms with Crippen molar-refractivity contribution in [1.29, 1.82) is 0 Å². The van der Waals surface area contributed by atoms with Crippen molar-refractivity contribution in [2.24, 2.45) is 0 Å². The molecule has 3 aromatic rings. The zero-order valence-corrected chi connectivity index (χ0v) is 19.8. The van der Waals surface area contributed by atoms with Gasteiger partial charge in [-0.2, -0.15) is 0 Å². The summed E-state index contributed by atoms with van der Waals surface area (Å²) in [6, 6.07) is 16.7. The third-order valence-corrected chi connectivity index (χ3v) is 7.36. The van der Waals surface area contributed by atoms with E-state index < -0.39 is 17.6 Å². The van der Waals surface area contributed by atoms with Crippen LogP contribution in [0.25, 0.3) is 10.9 Å². The number of aryl methyl sites for hydroxylation is 1. The largest absolute Gasteiger partial charge is 0.356 e. The lowest BCUT2D eigenvalue weighted by molar-refractivity contribution is -0.139. The van der Waals surface area contributed by atoms with Crippen LogP contribution in [0, 0.1) is 0 Å². The summed E-state index contributed by atoms with van der Waals surface area (Å²) in [5, 5.41) is 4.07. The molecule has 4 amide bonds. The molecule has 3 heterocycles. The fourth-order valence-electron chi connectivity index (χ4n) is 5.34. The Bertz CT molecular complexity index is 1270. The number of hydrogen-bond acceptors (Lipinski definition) is 3. The minimum Gasteiger partial charge on any atom is -0.356 e. The van der Waals surface area contributed by atoms with Crippen molar-refractivity contribution in [2.45, 2.75) is 57.7 Å². The SMILES string of the molecule is C[C@H](CCc1ccccc1)NC(=O)[C@H](C)N1C(=O)N2CCc3c([nH]c4ccccc34)[C@@]2(C)C1=O. The fourth-order valence-corrected chi connectivity index (χ4v) is 5.34. The molecule has 0 unspecified atom stereocenters. The Hall–Kier alpha value is -3.61. The van der Waals surface area contributed by atoms with Crippen LogP contribution >= 0.6 is 0 Å². The van der Waals surface area contributed by atoms with Gasteiger partial charge in [0.2, 0.25) is 5.91 Å². The molecule has 0 saturated carbocycles. The van der Waals surface area contributed by atoms with Crippen molar-refractivity contribution < 1.29 is 14.4 Å². The Morgan fingerprint density at radius 2 is 1.79 bits per heavy atom. The van der Waals surface area contributed by atoms with E-state index in [4.69, 9.17) is 0 Å². The minimum absolute atomic E-state index is 0.0820. The number of amides is 4. The molecular formula is C27H30N4O3. The van der Waals surface area contributed by atoms with Crippen molar-refractivity contribution in [1.82, 2.24) is 20.1 Å². The smallest absolute Gasteiger partial charge is 0.328 e. The summed E-state index contributed by atoms with van der Waals surface area (Å²) in [6.45, 7) is 5.80. The van der Waals surface area contributed by atoms with E-state index in [-0.39, 0.29) is 17.9 Å². The highest BCUT2D eigenvalue weighted by atomic mass is 16.2. The molecule has 3 atom stereocenters. The molecule has 7 heteroatoms.